The first-order valence-electron chi connectivity index (χ1n) is 5.93. The molecular formula is C12H3Cl3F5N3OS. The average Bonchev–Trinajstić information content (AvgIpc) is 2.81. The molecule has 1 aromatic heterocycles. The van der Waals surface area contributed by atoms with E-state index in [1.807, 2.05) is 0 Å². The van der Waals surface area contributed by atoms with Crippen molar-refractivity contribution in [3.63, 3.8) is 0 Å². The number of aromatic nitrogens is 2. The maximum Gasteiger partial charge on any atom is 0.416 e. The maximum atomic E-state index is 12.8. The van der Waals surface area contributed by atoms with Crippen molar-refractivity contribution in [3.05, 3.63) is 38.5 Å². The molecule has 0 fully saturated rings. The van der Waals surface area contributed by atoms with Crippen LogP contribution in [0.2, 0.25) is 15.1 Å². The lowest BCUT2D eigenvalue weighted by atomic mass is 10.2. The van der Waals surface area contributed by atoms with Crippen LogP contribution >= 0.6 is 34.8 Å². The van der Waals surface area contributed by atoms with E-state index in [0.29, 0.717) is 16.8 Å². The van der Waals surface area contributed by atoms with Gasteiger partial charge in [-0.3, -0.25) is 0 Å². The molecule has 2 rings (SSSR count). The fraction of sp³-hybridized carbons (Fsp3) is 0.167. The zero-order valence-electron chi connectivity index (χ0n) is 11.4. The Kier molecular flexibility index (Phi) is 5.75. The molecule has 25 heavy (non-hydrogen) atoms. The molecule has 1 heterocycles. The van der Waals surface area contributed by atoms with Gasteiger partial charge < -0.3 is 4.55 Å². The fourth-order valence-electron chi connectivity index (χ4n) is 1.80. The van der Waals surface area contributed by atoms with Gasteiger partial charge in [0.1, 0.15) is 11.8 Å². The van der Waals surface area contributed by atoms with Crippen molar-refractivity contribution in [2.75, 3.05) is 0 Å². The van der Waals surface area contributed by atoms with Crippen LogP contribution in [0, 0.1) is 11.3 Å². The van der Waals surface area contributed by atoms with Gasteiger partial charge in [-0.05, 0) is 12.1 Å². The van der Waals surface area contributed by atoms with Crippen LogP contribution in [-0.4, -0.2) is 20.1 Å². The van der Waals surface area contributed by atoms with Crippen molar-refractivity contribution < 1.29 is 26.5 Å². The molecule has 2 aromatic rings. The molecule has 0 N–H and O–H groups in total. The summed E-state index contributed by atoms with van der Waals surface area (Å²) in [5.74, 6) is -3.40. The lowest BCUT2D eigenvalue weighted by Crippen LogP contribution is -2.17. The van der Waals surface area contributed by atoms with E-state index in [4.69, 9.17) is 40.1 Å². The minimum atomic E-state index is -4.76. The van der Waals surface area contributed by atoms with Crippen molar-refractivity contribution >= 4 is 46.0 Å². The van der Waals surface area contributed by atoms with Crippen molar-refractivity contribution in [3.8, 4) is 11.8 Å². The third-order valence-electron chi connectivity index (χ3n) is 2.80. The number of rotatable bonds is 3. The van der Waals surface area contributed by atoms with E-state index in [-0.39, 0.29) is 0 Å². The second-order valence-electron chi connectivity index (χ2n) is 4.34. The van der Waals surface area contributed by atoms with Crippen LogP contribution in [0.3, 0.4) is 0 Å². The van der Waals surface area contributed by atoms with Crippen LogP contribution in [0.1, 0.15) is 11.3 Å². The highest BCUT2D eigenvalue weighted by molar-refractivity contribution is 7.91. The van der Waals surface area contributed by atoms with Crippen molar-refractivity contribution in [1.29, 1.82) is 5.26 Å². The minimum Gasteiger partial charge on any atom is -0.606 e. The number of hydrogen-bond acceptors (Lipinski definition) is 3. The summed E-state index contributed by atoms with van der Waals surface area (Å²) in [6.45, 7) is 0. The lowest BCUT2D eigenvalue weighted by molar-refractivity contribution is -0.137. The average molecular weight is 439 g/mol. The fourth-order valence-corrected chi connectivity index (χ4v) is 3.58. The number of halogens is 8. The van der Waals surface area contributed by atoms with Crippen LogP contribution in [0.5, 0.6) is 0 Å². The van der Waals surface area contributed by atoms with Gasteiger partial charge in [0.2, 0.25) is 0 Å². The number of nitrogens with zero attached hydrogens (tertiary/aromatic N) is 3. The first-order chi connectivity index (χ1) is 11.5. The smallest absolute Gasteiger partial charge is 0.416 e. The number of hydrogen-bond donors (Lipinski definition) is 0. The summed E-state index contributed by atoms with van der Waals surface area (Å²) in [5, 5.41) is 9.78. The van der Waals surface area contributed by atoms with E-state index in [9.17, 15) is 26.5 Å². The van der Waals surface area contributed by atoms with Crippen LogP contribution in [0.25, 0.3) is 5.69 Å². The Hall–Kier alpha value is -1.25. The molecule has 4 nitrogen and oxygen atoms in total. The summed E-state index contributed by atoms with van der Waals surface area (Å²) in [5.41, 5.74) is -2.23. The van der Waals surface area contributed by atoms with Gasteiger partial charge in [0.15, 0.2) is 10.7 Å². The first kappa shape index (κ1) is 20.1. The van der Waals surface area contributed by atoms with Crippen LogP contribution in [-0.2, 0) is 17.4 Å². The van der Waals surface area contributed by atoms with Gasteiger partial charge in [-0.1, -0.05) is 34.8 Å². The number of benzene rings is 1. The number of nitriles is 1. The van der Waals surface area contributed by atoms with Gasteiger partial charge >= 0.3 is 11.9 Å². The Balaban J connectivity index is 2.77. The van der Waals surface area contributed by atoms with E-state index in [2.05, 4.69) is 5.10 Å². The van der Waals surface area contributed by atoms with Gasteiger partial charge in [-0.15, -0.1) is 0 Å². The highest BCUT2D eigenvalue weighted by Crippen LogP contribution is 2.40. The molecule has 0 bridgehead atoms. The molecule has 0 radical (unpaired) electrons. The zero-order chi connectivity index (χ0) is 19.1. The lowest BCUT2D eigenvalue weighted by Gasteiger charge is -2.15. The molecule has 1 unspecified atom stereocenters. The van der Waals surface area contributed by atoms with Gasteiger partial charge in [0, 0.05) is 0 Å². The second-order valence-corrected chi connectivity index (χ2v) is 6.87. The van der Waals surface area contributed by atoms with Crippen LogP contribution < -0.4 is 0 Å². The summed E-state index contributed by atoms with van der Waals surface area (Å²) in [6.07, 6.45) is -4.76. The third-order valence-corrected chi connectivity index (χ3v) is 4.93. The molecule has 0 spiro atoms. The molecule has 1 aromatic carbocycles. The molecule has 0 saturated heterocycles. The van der Waals surface area contributed by atoms with Crippen LogP contribution in [0.4, 0.5) is 22.0 Å². The molecule has 134 valence electrons. The monoisotopic (exact) mass is 437 g/mol. The Bertz CT molecular complexity index is 842. The third kappa shape index (κ3) is 3.80. The van der Waals surface area contributed by atoms with Crippen molar-refractivity contribution in [2.45, 2.75) is 17.0 Å². The summed E-state index contributed by atoms with van der Waals surface area (Å²) >= 11 is 14.3. The Morgan fingerprint density at radius 1 is 1.20 bits per heavy atom. The molecule has 0 aliphatic carbocycles. The highest BCUT2D eigenvalue weighted by atomic mass is 35.5. The SMILES string of the molecule is N#Cc1nn(-c2c(Cl)cc(C(F)(F)F)cc2Cl)c([S+]([O-])C(F)F)c1Cl. The number of alkyl halides is 5. The van der Waals surface area contributed by atoms with E-state index in [1.54, 1.807) is 0 Å². The van der Waals surface area contributed by atoms with E-state index < -0.39 is 60.1 Å². The molecular weight excluding hydrogens is 436 g/mol. The predicted octanol–water partition coefficient (Wildman–Crippen LogP) is 5.05. The summed E-state index contributed by atoms with van der Waals surface area (Å²) < 4.78 is 76.2. The van der Waals surface area contributed by atoms with Gasteiger partial charge in [0.05, 0.1) is 26.8 Å². The molecule has 0 aliphatic rings. The zero-order valence-corrected chi connectivity index (χ0v) is 14.5. The minimum absolute atomic E-state index is 0.469. The van der Waals surface area contributed by atoms with Gasteiger partial charge in [-0.2, -0.15) is 37.0 Å². The van der Waals surface area contributed by atoms with Crippen molar-refractivity contribution in [2.24, 2.45) is 0 Å². The largest absolute Gasteiger partial charge is 0.606 e. The van der Waals surface area contributed by atoms with Gasteiger partial charge in [0.25, 0.3) is 5.03 Å². The Morgan fingerprint density at radius 2 is 1.72 bits per heavy atom. The van der Waals surface area contributed by atoms with E-state index in [0.717, 1.165) is 0 Å². The predicted molar refractivity (Wildman–Crippen MR) is 80.7 cm³/mol. The van der Waals surface area contributed by atoms with E-state index in [1.165, 1.54) is 6.07 Å². The molecule has 1 atom stereocenters. The quantitative estimate of drug-likeness (QED) is 0.497. The van der Waals surface area contributed by atoms with Gasteiger partial charge in [-0.25, -0.2) is 0 Å². The summed E-state index contributed by atoms with van der Waals surface area (Å²) in [6, 6.07) is 2.46. The molecule has 0 amide bonds. The molecule has 13 heteroatoms. The Morgan fingerprint density at radius 3 is 2.12 bits per heavy atom. The molecule has 0 saturated carbocycles. The highest BCUT2D eigenvalue weighted by Gasteiger charge is 2.37. The Labute approximate surface area is 154 Å². The topological polar surface area (TPSA) is 64.7 Å². The second kappa shape index (κ2) is 7.17. The maximum absolute atomic E-state index is 12.8. The van der Waals surface area contributed by atoms with Crippen molar-refractivity contribution in [1.82, 2.24) is 9.78 Å². The summed E-state index contributed by atoms with van der Waals surface area (Å²) in [7, 11) is 0. The van der Waals surface area contributed by atoms with Crippen LogP contribution in [0.15, 0.2) is 17.2 Å². The standard InChI is InChI=1S/C12H3Cl3F5N3OS/c13-5-1-4(12(18,19)20)2-6(14)9(5)23-10(25(24)11(16)17)8(15)7(3-21)22-23/h1-2,11H. The normalized spacial score (nSPS) is 13.2. The first-order valence-corrected chi connectivity index (χ1v) is 8.27. The molecule has 0 aliphatic heterocycles. The summed E-state index contributed by atoms with van der Waals surface area (Å²) in [4.78, 5) is 0. The van der Waals surface area contributed by atoms with E-state index >= 15 is 0 Å².